The Hall–Kier alpha value is -0.330. The number of hydrogen-bond donors (Lipinski definition) is 0. The van der Waals surface area contributed by atoms with Gasteiger partial charge in [0.1, 0.15) is 5.78 Å². The first-order chi connectivity index (χ1) is 5.40. The molecule has 0 amide bonds. The monoisotopic (exact) mass is 280 g/mol. The molecule has 0 N–H and O–H groups in total. The lowest BCUT2D eigenvalue weighted by atomic mass is 9.61. The molecule has 19 heavy (non-hydrogen) atoms. The second-order valence-corrected chi connectivity index (χ2v) is 6.45. The maximum atomic E-state index is 12.1. The van der Waals surface area contributed by atoms with Gasteiger partial charge in [-0.2, -0.15) is 0 Å². The van der Waals surface area contributed by atoms with Gasteiger partial charge in [0.25, 0.3) is 0 Å². The summed E-state index contributed by atoms with van der Waals surface area (Å²) in [5.74, 6) is 0.340. The first-order valence-electron chi connectivity index (χ1n) is 4.95. The minimum atomic E-state index is -0.259. The van der Waals surface area contributed by atoms with Gasteiger partial charge in [0.2, 0.25) is 0 Å². The van der Waals surface area contributed by atoms with Gasteiger partial charge in [0.15, 0.2) is 0 Å². The molecule has 0 aromatic carbocycles. The van der Waals surface area contributed by atoms with Crippen molar-refractivity contribution in [2.45, 2.75) is 99.9 Å². The highest BCUT2D eigenvalue weighted by atomic mass is 16.1. The predicted octanol–water partition coefficient (Wildman–Crippen LogP) is 7.49. The van der Waals surface area contributed by atoms with Crippen LogP contribution in [0.15, 0.2) is 0 Å². The van der Waals surface area contributed by atoms with Gasteiger partial charge >= 0.3 is 0 Å². The van der Waals surface area contributed by atoms with Crippen LogP contribution in [0.3, 0.4) is 0 Å². The molecular formula is C18H48O. The maximum Gasteiger partial charge on any atom is 0.144 e. The van der Waals surface area contributed by atoms with Gasteiger partial charge < -0.3 is 0 Å². The molecule has 126 valence electrons. The summed E-state index contributed by atoms with van der Waals surface area (Å²) in [7, 11) is 0. The van der Waals surface area contributed by atoms with E-state index in [0.717, 1.165) is 0 Å². The van der Waals surface area contributed by atoms with Crippen molar-refractivity contribution in [1.82, 2.24) is 0 Å². The highest BCUT2D eigenvalue weighted by Crippen LogP contribution is 2.42. The fraction of sp³-hybridized carbons (Fsp3) is 0.944. The molecule has 0 radical (unpaired) electrons. The van der Waals surface area contributed by atoms with Crippen molar-refractivity contribution in [3.8, 4) is 0 Å². The van der Waals surface area contributed by atoms with E-state index in [2.05, 4.69) is 20.8 Å². The van der Waals surface area contributed by atoms with E-state index in [1.165, 1.54) is 0 Å². The molecular weight excluding hydrogens is 232 g/mol. The standard InChI is InChI=1S/C12H24O.6CH4/c1-10(2,3)9(13)12(7,8)11(4,5)6;;;;;;/h1-8H3;6*1H4. The van der Waals surface area contributed by atoms with Crippen LogP contribution in [0.4, 0.5) is 0 Å². The van der Waals surface area contributed by atoms with Crippen molar-refractivity contribution in [3.05, 3.63) is 0 Å². The summed E-state index contributed by atoms with van der Waals surface area (Å²) in [5, 5.41) is 0. The zero-order chi connectivity index (χ0) is 11.1. The Morgan fingerprint density at radius 3 is 0.842 bits per heavy atom. The van der Waals surface area contributed by atoms with Crippen LogP contribution in [-0.2, 0) is 4.79 Å². The second-order valence-electron chi connectivity index (χ2n) is 6.45. The van der Waals surface area contributed by atoms with E-state index in [1.54, 1.807) is 0 Å². The number of ketones is 1. The highest BCUT2D eigenvalue weighted by Gasteiger charge is 2.43. The normalized spacial score (nSPS) is 9.89. The average Bonchev–Trinajstić information content (AvgIpc) is 1.81. The summed E-state index contributed by atoms with van der Waals surface area (Å²) in [4.78, 5) is 12.1. The van der Waals surface area contributed by atoms with E-state index in [9.17, 15) is 4.79 Å². The van der Waals surface area contributed by atoms with Crippen LogP contribution in [0, 0.1) is 16.2 Å². The summed E-state index contributed by atoms with van der Waals surface area (Å²) in [6.45, 7) is 16.4. The molecule has 0 aliphatic rings. The van der Waals surface area contributed by atoms with Crippen molar-refractivity contribution in [1.29, 1.82) is 0 Å². The quantitative estimate of drug-likeness (QED) is 0.486. The Bertz CT molecular complexity index is 199. The number of rotatable bonds is 1. The van der Waals surface area contributed by atoms with E-state index >= 15 is 0 Å². The molecule has 0 saturated carbocycles. The molecule has 0 unspecified atom stereocenters. The van der Waals surface area contributed by atoms with Crippen LogP contribution in [-0.4, -0.2) is 5.78 Å². The van der Waals surface area contributed by atoms with Gasteiger partial charge in [-0.1, -0.05) is 99.9 Å². The van der Waals surface area contributed by atoms with Crippen molar-refractivity contribution in [2.75, 3.05) is 0 Å². The number of carbonyl (C=O) groups is 1. The summed E-state index contributed by atoms with van der Waals surface area (Å²) in [5.41, 5.74) is -0.473. The predicted molar refractivity (Wildman–Crippen MR) is 98.1 cm³/mol. The molecule has 0 aliphatic carbocycles. The molecule has 0 aromatic rings. The first kappa shape index (κ1) is 42.8. The van der Waals surface area contributed by atoms with E-state index in [1.807, 2.05) is 34.6 Å². The lowest BCUT2D eigenvalue weighted by molar-refractivity contribution is -0.140. The van der Waals surface area contributed by atoms with E-state index in [0.29, 0.717) is 5.78 Å². The van der Waals surface area contributed by atoms with Gasteiger partial charge in [-0.05, 0) is 5.41 Å². The largest absolute Gasteiger partial charge is 0.298 e. The zero-order valence-corrected chi connectivity index (χ0v) is 10.4. The Morgan fingerprint density at radius 1 is 0.579 bits per heavy atom. The van der Waals surface area contributed by atoms with Gasteiger partial charge in [-0.25, -0.2) is 0 Å². The van der Waals surface area contributed by atoms with Crippen molar-refractivity contribution in [2.24, 2.45) is 16.2 Å². The molecule has 0 bridgehead atoms. The van der Waals surface area contributed by atoms with Crippen LogP contribution in [0.5, 0.6) is 0 Å². The third-order valence-corrected chi connectivity index (χ3v) is 3.12. The molecule has 1 heteroatoms. The number of hydrogen-bond acceptors (Lipinski definition) is 1. The van der Waals surface area contributed by atoms with E-state index in [4.69, 9.17) is 0 Å². The van der Waals surface area contributed by atoms with E-state index in [-0.39, 0.29) is 60.8 Å². The highest BCUT2D eigenvalue weighted by molar-refractivity contribution is 5.89. The molecule has 0 heterocycles. The van der Waals surface area contributed by atoms with Gasteiger partial charge in [0, 0.05) is 10.8 Å². The first-order valence-corrected chi connectivity index (χ1v) is 4.95. The Morgan fingerprint density at radius 2 is 0.789 bits per heavy atom. The smallest absolute Gasteiger partial charge is 0.144 e. The molecule has 0 aromatic heterocycles. The van der Waals surface area contributed by atoms with Crippen LogP contribution in [0.2, 0.25) is 0 Å². The fourth-order valence-corrected chi connectivity index (χ4v) is 1.28. The summed E-state index contributed by atoms with van der Waals surface area (Å²) >= 11 is 0. The maximum absolute atomic E-state index is 12.1. The zero-order valence-electron chi connectivity index (χ0n) is 10.4. The molecule has 1 nitrogen and oxygen atoms in total. The Labute approximate surface area is 127 Å². The second kappa shape index (κ2) is 11.5. The third kappa shape index (κ3) is 10.2. The molecule has 0 fully saturated rings. The number of Topliss-reactive ketones (excluding diaryl/α,β-unsaturated/α-hetero) is 1. The van der Waals surface area contributed by atoms with Crippen molar-refractivity contribution < 1.29 is 4.79 Å². The summed E-state index contributed by atoms with van der Waals surface area (Å²) in [6, 6.07) is 0. The molecule has 0 atom stereocenters. The minimum absolute atomic E-state index is 0. The lowest BCUT2D eigenvalue weighted by Crippen LogP contribution is -2.43. The SMILES string of the molecule is C.C.C.C.C.C.CC(C)(C)C(=O)C(C)(C)C(C)(C)C. The molecule has 0 aliphatic heterocycles. The van der Waals surface area contributed by atoms with E-state index < -0.39 is 0 Å². The van der Waals surface area contributed by atoms with Crippen molar-refractivity contribution in [3.63, 3.8) is 0 Å². The molecule has 0 rings (SSSR count). The fourth-order valence-electron chi connectivity index (χ4n) is 1.28. The van der Waals surface area contributed by atoms with Crippen LogP contribution >= 0.6 is 0 Å². The minimum Gasteiger partial charge on any atom is -0.298 e. The third-order valence-electron chi connectivity index (χ3n) is 3.12. The topological polar surface area (TPSA) is 17.1 Å². The lowest BCUT2D eigenvalue weighted by Gasteiger charge is -2.41. The van der Waals surface area contributed by atoms with Gasteiger partial charge in [0.05, 0.1) is 0 Å². The van der Waals surface area contributed by atoms with Crippen LogP contribution in [0.25, 0.3) is 0 Å². The summed E-state index contributed by atoms with van der Waals surface area (Å²) in [6.07, 6.45) is 0. The Kier molecular flexibility index (Phi) is 25.9. The molecule has 0 spiro atoms. The number of carbonyl (C=O) groups excluding carboxylic acids is 1. The van der Waals surface area contributed by atoms with Crippen molar-refractivity contribution >= 4 is 5.78 Å². The van der Waals surface area contributed by atoms with Gasteiger partial charge in [-0.15, -0.1) is 0 Å². The van der Waals surface area contributed by atoms with Crippen LogP contribution in [0.1, 0.15) is 99.9 Å². The average molecular weight is 281 g/mol. The van der Waals surface area contributed by atoms with Crippen LogP contribution < -0.4 is 0 Å². The summed E-state index contributed by atoms with van der Waals surface area (Å²) < 4.78 is 0. The Balaban J connectivity index is -0.0000000480. The molecule has 0 saturated heterocycles. The van der Waals surface area contributed by atoms with Gasteiger partial charge in [-0.3, -0.25) is 4.79 Å².